The van der Waals surface area contributed by atoms with E-state index in [1.165, 1.54) is 0 Å². The van der Waals surface area contributed by atoms with Gasteiger partial charge in [-0.2, -0.15) is 5.10 Å². The second-order valence-corrected chi connectivity index (χ2v) is 4.93. The molecule has 102 valence electrons. The monoisotopic (exact) mass is 279 g/mol. The van der Waals surface area contributed by atoms with Crippen molar-refractivity contribution in [3.63, 3.8) is 0 Å². The Bertz CT molecular complexity index is 580. The maximum atomic E-state index is 6.24. The Kier molecular flexibility index (Phi) is 4.12. The molecule has 0 aliphatic rings. The van der Waals surface area contributed by atoms with Crippen LogP contribution in [0.2, 0.25) is 5.02 Å². The average Bonchev–Trinajstić information content (AvgIpc) is 2.65. The van der Waals surface area contributed by atoms with Gasteiger partial charge < -0.3 is 10.5 Å². The smallest absolute Gasteiger partial charge is 0.119 e. The van der Waals surface area contributed by atoms with Gasteiger partial charge in [0.1, 0.15) is 5.75 Å². The number of aryl methyl sites for hydroxylation is 2. The molecule has 1 unspecified atom stereocenters. The molecule has 0 spiro atoms. The van der Waals surface area contributed by atoms with E-state index in [1.807, 2.05) is 38.2 Å². The first-order chi connectivity index (χ1) is 9.02. The summed E-state index contributed by atoms with van der Waals surface area (Å²) < 4.78 is 7.00. The van der Waals surface area contributed by atoms with Crippen LogP contribution in [0.3, 0.4) is 0 Å². The minimum atomic E-state index is -0.137. The second kappa shape index (κ2) is 5.63. The van der Waals surface area contributed by atoms with Gasteiger partial charge in [0.05, 0.1) is 23.5 Å². The lowest BCUT2D eigenvalue weighted by atomic mass is 10.0. The Morgan fingerprint density at radius 2 is 2.21 bits per heavy atom. The number of nitrogens with two attached hydrogens (primary N) is 1. The SMILES string of the molecule is COc1cccc(C(N)Cc2c(Cl)c(C)nn2C)c1. The van der Waals surface area contributed by atoms with Crippen LogP contribution in [-0.4, -0.2) is 16.9 Å². The van der Waals surface area contributed by atoms with Crippen LogP contribution in [0.25, 0.3) is 0 Å². The van der Waals surface area contributed by atoms with Crippen molar-refractivity contribution < 1.29 is 4.74 Å². The fraction of sp³-hybridized carbons (Fsp3) is 0.357. The van der Waals surface area contributed by atoms with E-state index in [4.69, 9.17) is 22.1 Å². The van der Waals surface area contributed by atoms with Crippen LogP contribution in [0.15, 0.2) is 24.3 Å². The summed E-state index contributed by atoms with van der Waals surface area (Å²) in [7, 11) is 3.53. The maximum absolute atomic E-state index is 6.24. The standard InChI is InChI=1S/C14H18ClN3O/c1-9-14(15)13(18(2)17-9)8-12(16)10-5-4-6-11(7-10)19-3/h4-7,12H,8,16H2,1-3H3. The van der Waals surface area contributed by atoms with Gasteiger partial charge >= 0.3 is 0 Å². The number of hydrogen-bond donors (Lipinski definition) is 1. The molecule has 0 saturated heterocycles. The van der Waals surface area contributed by atoms with Crippen molar-refractivity contribution in [3.05, 3.63) is 46.2 Å². The topological polar surface area (TPSA) is 53.1 Å². The van der Waals surface area contributed by atoms with Crippen LogP contribution < -0.4 is 10.5 Å². The van der Waals surface area contributed by atoms with Gasteiger partial charge in [0, 0.05) is 19.5 Å². The molecule has 0 fully saturated rings. The molecule has 4 nitrogen and oxygen atoms in total. The van der Waals surface area contributed by atoms with E-state index in [0.717, 1.165) is 22.7 Å². The number of rotatable bonds is 4. The Labute approximate surface area is 118 Å². The molecule has 1 heterocycles. The van der Waals surface area contributed by atoms with Crippen LogP contribution in [0.5, 0.6) is 5.75 Å². The average molecular weight is 280 g/mol. The van der Waals surface area contributed by atoms with Gasteiger partial charge in [0.2, 0.25) is 0 Å². The number of ether oxygens (including phenoxy) is 1. The first-order valence-electron chi connectivity index (χ1n) is 6.10. The van der Waals surface area contributed by atoms with Crippen molar-refractivity contribution in [1.29, 1.82) is 0 Å². The van der Waals surface area contributed by atoms with Crippen molar-refractivity contribution in [2.45, 2.75) is 19.4 Å². The molecule has 1 aromatic carbocycles. The van der Waals surface area contributed by atoms with Crippen molar-refractivity contribution in [3.8, 4) is 5.75 Å². The lowest BCUT2D eigenvalue weighted by Gasteiger charge is -2.13. The molecule has 2 rings (SSSR count). The van der Waals surface area contributed by atoms with Gasteiger partial charge in [0.15, 0.2) is 0 Å². The summed E-state index contributed by atoms with van der Waals surface area (Å²) in [6.07, 6.45) is 0.642. The van der Waals surface area contributed by atoms with Gasteiger partial charge in [-0.15, -0.1) is 0 Å². The highest BCUT2D eigenvalue weighted by Crippen LogP contribution is 2.25. The number of halogens is 1. The third-order valence-electron chi connectivity index (χ3n) is 3.20. The molecule has 19 heavy (non-hydrogen) atoms. The summed E-state index contributed by atoms with van der Waals surface area (Å²) >= 11 is 6.24. The Morgan fingerprint density at radius 1 is 1.47 bits per heavy atom. The van der Waals surface area contributed by atoms with E-state index in [2.05, 4.69) is 5.10 Å². The van der Waals surface area contributed by atoms with Crippen LogP contribution in [-0.2, 0) is 13.5 Å². The third kappa shape index (κ3) is 2.91. The van der Waals surface area contributed by atoms with Crippen LogP contribution in [0.4, 0.5) is 0 Å². The minimum absolute atomic E-state index is 0.137. The third-order valence-corrected chi connectivity index (χ3v) is 3.69. The summed E-state index contributed by atoms with van der Waals surface area (Å²) in [6.45, 7) is 1.89. The quantitative estimate of drug-likeness (QED) is 0.936. The Balaban J connectivity index is 2.22. The summed E-state index contributed by atoms with van der Waals surface area (Å²) in [6, 6.07) is 7.63. The van der Waals surface area contributed by atoms with E-state index in [-0.39, 0.29) is 6.04 Å². The Morgan fingerprint density at radius 3 is 2.79 bits per heavy atom. The molecule has 1 aromatic heterocycles. The predicted octanol–water partition coefficient (Wildman–Crippen LogP) is 2.63. The van der Waals surface area contributed by atoms with E-state index in [9.17, 15) is 0 Å². The van der Waals surface area contributed by atoms with E-state index in [1.54, 1.807) is 11.8 Å². The molecule has 2 N–H and O–H groups in total. The zero-order valence-corrected chi connectivity index (χ0v) is 12.1. The molecule has 0 bridgehead atoms. The molecular weight excluding hydrogens is 262 g/mol. The fourth-order valence-corrected chi connectivity index (χ4v) is 2.34. The highest BCUT2D eigenvalue weighted by atomic mass is 35.5. The first-order valence-corrected chi connectivity index (χ1v) is 6.48. The number of nitrogens with zero attached hydrogens (tertiary/aromatic N) is 2. The van der Waals surface area contributed by atoms with Gasteiger partial charge in [0.25, 0.3) is 0 Å². The fourth-order valence-electron chi connectivity index (χ4n) is 2.10. The predicted molar refractivity (Wildman–Crippen MR) is 76.6 cm³/mol. The molecule has 0 aliphatic carbocycles. The highest BCUT2D eigenvalue weighted by Gasteiger charge is 2.16. The molecule has 0 aliphatic heterocycles. The summed E-state index contributed by atoms with van der Waals surface area (Å²) in [4.78, 5) is 0. The van der Waals surface area contributed by atoms with Crippen molar-refractivity contribution in [2.75, 3.05) is 7.11 Å². The van der Waals surface area contributed by atoms with Crippen LogP contribution in [0, 0.1) is 6.92 Å². The van der Waals surface area contributed by atoms with E-state index < -0.39 is 0 Å². The Hall–Kier alpha value is -1.52. The van der Waals surface area contributed by atoms with Gasteiger partial charge in [-0.25, -0.2) is 0 Å². The zero-order chi connectivity index (χ0) is 14.0. The molecule has 0 saturated carbocycles. The number of aromatic nitrogens is 2. The second-order valence-electron chi connectivity index (χ2n) is 4.56. The summed E-state index contributed by atoms with van der Waals surface area (Å²) in [5.41, 5.74) is 9.05. The lowest BCUT2D eigenvalue weighted by Crippen LogP contribution is -2.15. The molecule has 5 heteroatoms. The largest absolute Gasteiger partial charge is 0.497 e. The molecular formula is C14H18ClN3O. The lowest BCUT2D eigenvalue weighted by molar-refractivity contribution is 0.413. The number of hydrogen-bond acceptors (Lipinski definition) is 3. The van der Waals surface area contributed by atoms with Crippen LogP contribution >= 0.6 is 11.6 Å². The molecule has 0 amide bonds. The van der Waals surface area contributed by atoms with Crippen molar-refractivity contribution >= 4 is 11.6 Å². The number of methoxy groups -OCH3 is 1. The first kappa shape index (κ1) is 13.9. The summed E-state index contributed by atoms with van der Waals surface area (Å²) in [5, 5.41) is 4.99. The van der Waals surface area contributed by atoms with E-state index in [0.29, 0.717) is 11.4 Å². The van der Waals surface area contributed by atoms with Crippen molar-refractivity contribution in [2.24, 2.45) is 12.8 Å². The minimum Gasteiger partial charge on any atom is -0.497 e. The normalized spacial score (nSPS) is 12.5. The summed E-state index contributed by atoms with van der Waals surface area (Å²) in [5.74, 6) is 0.806. The van der Waals surface area contributed by atoms with Gasteiger partial charge in [-0.05, 0) is 24.6 Å². The van der Waals surface area contributed by atoms with Crippen molar-refractivity contribution in [1.82, 2.24) is 9.78 Å². The molecule has 2 aromatic rings. The van der Waals surface area contributed by atoms with Crippen LogP contribution in [0.1, 0.15) is 23.0 Å². The maximum Gasteiger partial charge on any atom is 0.119 e. The van der Waals surface area contributed by atoms with Gasteiger partial charge in [-0.1, -0.05) is 23.7 Å². The highest BCUT2D eigenvalue weighted by molar-refractivity contribution is 6.31. The number of benzene rings is 1. The molecule has 0 radical (unpaired) electrons. The van der Waals surface area contributed by atoms with Gasteiger partial charge in [-0.3, -0.25) is 4.68 Å². The van der Waals surface area contributed by atoms with E-state index >= 15 is 0 Å². The molecule has 1 atom stereocenters. The zero-order valence-electron chi connectivity index (χ0n) is 11.4.